The van der Waals surface area contributed by atoms with Crippen LogP contribution < -0.4 is 5.32 Å². The van der Waals surface area contributed by atoms with Gasteiger partial charge in [-0.1, -0.05) is 44.7 Å². The molecule has 3 heteroatoms. The Bertz CT molecular complexity index is 987. The molecule has 0 bridgehead atoms. The number of nitrogens with one attached hydrogen (secondary N) is 2. The number of hydrogen-bond donors (Lipinski definition) is 2. The molecule has 2 aliphatic carbocycles. The molecule has 1 atom stereocenters. The van der Waals surface area contributed by atoms with Gasteiger partial charge in [0.25, 0.3) is 0 Å². The van der Waals surface area contributed by atoms with Crippen molar-refractivity contribution in [2.75, 3.05) is 5.32 Å². The highest BCUT2D eigenvalue weighted by Gasteiger charge is 2.49. The SMILES string of the molecule is C=C1CC(C)(C)CC2=C1C(C)(c1ccccc1C)c1c(n[nH]c1C1CC1)N2. The lowest BCUT2D eigenvalue weighted by Gasteiger charge is -2.46. The molecule has 140 valence electrons. The number of hydrogen-bond acceptors (Lipinski definition) is 2. The Hall–Kier alpha value is -2.29. The molecule has 2 N–H and O–H groups in total. The van der Waals surface area contributed by atoms with Gasteiger partial charge < -0.3 is 5.32 Å². The molecule has 1 saturated carbocycles. The molecule has 0 spiro atoms. The van der Waals surface area contributed by atoms with E-state index in [-0.39, 0.29) is 10.8 Å². The lowest BCUT2D eigenvalue weighted by Crippen LogP contribution is -2.39. The summed E-state index contributed by atoms with van der Waals surface area (Å²) < 4.78 is 0. The predicted molar refractivity (Wildman–Crippen MR) is 111 cm³/mol. The minimum Gasteiger partial charge on any atom is -0.342 e. The molecule has 27 heavy (non-hydrogen) atoms. The van der Waals surface area contributed by atoms with Crippen LogP contribution in [0.3, 0.4) is 0 Å². The Morgan fingerprint density at radius 3 is 2.56 bits per heavy atom. The number of fused-ring (bicyclic) bond motifs is 1. The quantitative estimate of drug-likeness (QED) is 0.695. The van der Waals surface area contributed by atoms with Gasteiger partial charge in [0.05, 0.1) is 5.41 Å². The van der Waals surface area contributed by atoms with E-state index in [0.717, 1.165) is 18.7 Å². The average Bonchev–Trinajstić information content (AvgIpc) is 3.33. The van der Waals surface area contributed by atoms with Crippen molar-refractivity contribution in [1.82, 2.24) is 10.2 Å². The summed E-state index contributed by atoms with van der Waals surface area (Å²) in [6.07, 6.45) is 4.60. The van der Waals surface area contributed by atoms with Crippen LogP contribution in [0.4, 0.5) is 5.82 Å². The minimum absolute atomic E-state index is 0.209. The maximum Gasteiger partial charge on any atom is 0.156 e. The van der Waals surface area contributed by atoms with E-state index in [9.17, 15) is 0 Å². The smallest absolute Gasteiger partial charge is 0.156 e. The molecule has 0 amide bonds. The van der Waals surface area contributed by atoms with Crippen molar-refractivity contribution in [3.05, 3.63) is 70.1 Å². The number of aromatic nitrogens is 2. The van der Waals surface area contributed by atoms with E-state index >= 15 is 0 Å². The van der Waals surface area contributed by atoms with Crippen LogP contribution in [0.25, 0.3) is 0 Å². The van der Waals surface area contributed by atoms with Crippen molar-refractivity contribution >= 4 is 5.82 Å². The monoisotopic (exact) mass is 359 g/mol. The maximum absolute atomic E-state index is 4.73. The third-order valence-electron chi connectivity index (χ3n) is 6.74. The van der Waals surface area contributed by atoms with Gasteiger partial charge in [0, 0.05) is 22.9 Å². The third-order valence-corrected chi connectivity index (χ3v) is 6.74. The fourth-order valence-electron chi connectivity index (χ4n) is 5.56. The summed E-state index contributed by atoms with van der Waals surface area (Å²) in [5.74, 6) is 1.65. The molecule has 0 radical (unpaired) electrons. The lowest BCUT2D eigenvalue weighted by atomic mass is 9.60. The van der Waals surface area contributed by atoms with Crippen LogP contribution in [0, 0.1) is 12.3 Å². The zero-order valence-corrected chi connectivity index (χ0v) is 16.9. The summed E-state index contributed by atoms with van der Waals surface area (Å²) in [4.78, 5) is 0. The molecule has 1 aliphatic heterocycles. The van der Waals surface area contributed by atoms with Crippen molar-refractivity contribution in [3.63, 3.8) is 0 Å². The van der Waals surface area contributed by atoms with E-state index in [1.807, 2.05) is 0 Å². The topological polar surface area (TPSA) is 40.7 Å². The average molecular weight is 360 g/mol. The van der Waals surface area contributed by atoms with Gasteiger partial charge >= 0.3 is 0 Å². The molecule has 1 unspecified atom stereocenters. The van der Waals surface area contributed by atoms with Gasteiger partial charge in [-0.2, -0.15) is 5.10 Å². The third kappa shape index (κ3) is 2.37. The van der Waals surface area contributed by atoms with E-state index in [1.54, 1.807) is 0 Å². The van der Waals surface area contributed by atoms with Crippen molar-refractivity contribution in [2.24, 2.45) is 5.41 Å². The Balaban J connectivity index is 1.82. The first kappa shape index (κ1) is 16.9. The molecule has 3 nitrogen and oxygen atoms in total. The molecule has 3 aliphatic rings. The highest BCUT2D eigenvalue weighted by molar-refractivity contribution is 5.72. The molecular formula is C24H29N3. The summed E-state index contributed by atoms with van der Waals surface area (Å²) in [7, 11) is 0. The van der Waals surface area contributed by atoms with Crippen molar-refractivity contribution in [2.45, 2.75) is 64.7 Å². The number of aromatic amines is 1. The molecule has 1 aromatic heterocycles. The van der Waals surface area contributed by atoms with Crippen LogP contribution in [0.5, 0.6) is 0 Å². The first-order valence-electron chi connectivity index (χ1n) is 10.1. The molecule has 1 aromatic carbocycles. The van der Waals surface area contributed by atoms with Gasteiger partial charge in [0.15, 0.2) is 5.82 Å². The van der Waals surface area contributed by atoms with Crippen molar-refractivity contribution in [3.8, 4) is 0 Å². The molecule has 2 heterocycles. The zero-order valence-electron chi connectivity index (χ0n) is 16.9. The van der Waals surface area contributed by atoms with Crippen LogP contribution >= 0.6 is 0 Å². The van der Waals surface area contributed by atoms with Gasteiger partial charge in [0.2, 0.25) is 0 Å². The molecular weight excluding hydrogens is 330 g/mol. The molecule has 0 saturated heterocycles. The summed E-state index contributed by atoms with van der Waals surface area (Å²) in [6, 6.07) is 8.83. The van der Waals surface area contributed by atoms with Crippen LogP contribution in [0.1, 0.15) is 74.8 Å². The summed E-state index contributed by atoms with van der Waals surface area (Å²) in [5.41, 5.74) is 9.38. The summed E-state index contributed by atoms with van der Waals surface area (Å²) >= 11 is 0. The van der Waals surface area contributed by atoms with E-state index in [1.165, 1.54) is 52.1 Å². The first-order chi connectivity index (χ1) is 12.8. The van der Waals surface area contributed by atoms with Gasteiger partial charge in [-0.15, -0.1) is 0 Å². The molecule has 1 fully saturated rings. The van der Waals surface area contributed by atoms with E-state index < -0.39 is 0 Å². The maximum atomic E-state index is 4.73. The fraction of sp³-hybridized carbons (Fsp3) is 0.458. The Morgan fingerprint density at radius 2 is 1.85 bits per heavy atom. The van der Waals surface area contributed by atoms with Crippen LogP contribution in [-0.2, 0) is 5.41 Å². The highest BCUT2D eigenvalue weighted by atomic mass is 15.2. The van der Waals surface area contributed by atoms with Gasteiger partial charge in [-0.05, 0) is 67.2 Å². The predicted octanol–water partition coefficient (Wildman–Crippen LogP) is 5.96. The van der Waals surface area contributed by atoms with Crippen molar-refractivity contribution in [1.29, 1.82) is 0 Å². The number of nitrogens with zero attached hydrogens (tertiary/aromatic N) is 1. The number of allylic oxidation sites excluding steroid dienone is 3. The van der Waals surface area contributed by atoms with Crippen LogP contribution in [0.2, 0.25) is 0 Å². The lowest BCUT2D eigenvalue weighted by molar-refractivity contribution is 0.340. The van der Waals surface area contributed by atoms with Gasteiger partial charge in [-0.3, -0.25) is 5.10 Å². The van der Waals surface area contributed by atoms with E-state index in [2.05, 4.69) is 69.0 Å². The molecule has 2 aromatic rings. The number of anilines is 1. The summed E-state index contributed by atoms with van der Waals surface area (Å²) in [5, 5.41) is 11.8. The number of benzene rings is 1. The van der Waals surface area contributed by atoms with Gasteiger partial charge in [-0.25, -0.2) is 0 Å². The second-order valence-corrected chi connectivity index (χ2v) is 9.67. The van der Waals surface area contributed by atoms with Crippen LogP contribution in [0.15, 0.2) is 47.7 Å². The number of H-pyrrole nitrogens is 1. The second kappa shape index (κ2) is 5.37. The zero-order chi connectivity index (χ0) is 19.0. The largest absolute Gasteiger partial charge is 0.342 e. The summed E-state index contributed by atoms with van der Waals surface area (Å²) in [6.45, 7) is 13.9. The number of rotatable bonds is 2. The molecule has 5 rings (SSSR count). The second-order valence-electron chi connectivity index (χ2n) is 9.67. The highest BCUT2D eigenvalue weighted by Crippen LogP contribution is 2.58. The van der Waals surface area contributed by atoms with E-state index in [0.29, 0.717) is 5.92 Å². The van der Waals surface area contributed by atoms with E-state index in [4.69, 9.17) is 5.10 Å². The standard InChI is InChI=1S/C24H29N3/c1-14-8-6-7-9-17(14)24(5)19-15(2)12-23(3,4)13-18(19)25-22-20(24)21(26-27-22)16-10-11-16/h6-9,16H,2,10-13H2,1,3-5H3,(H2,25,26,27). The fourth-order valence-corrected chi connectivity index (χ4v) is 5.56. The minimum atomic E-state index is -0.209. The van der Waals surface area contributed by atoms with Gasteiger partial charge in [0.1, 0.15) is 0 Å². The first-order valence-corrected chi connectivity index (χ1v) is 10.1. The normalized spacial score (nSPS) is 26.4. The number of aryl methyl sites for hydroxylation is 1. The Labute approximate surface area is 162 Å². The van der Waals surface area contributed by atoms with Crippen molar-refractivity contribution < 1.29 is 0 Å². The Kier molecular flexibility index (Phi) is 3.35. The Morgan fingerprint density at radius 1 is 1.11 bits per heavy atom. The van der Waals surface area contributed by atoms with Crippen LogP contribution in [-0.4, -0.2) is 10.2 Å².